The van der Waals surface area contributed by atoms with Crippen LogP contribution in [0.25, 0.3) is 10.9 Å². The van der Waals surface area contributed by atoms with Crippen LogP contribution in [0.1, 0.15) is 10.5 Å². The molecule has 1 N–H and O–H groups in total. The zero-order valence-corrected chi connectivity index (χ0v) is 9.30. The van der Waals surface area contributed by atoms with E-state index in [-0.39, 0.29) is 5.69 Å². The maximum absolute atomic E-state index is 11.0. The van der Waals surface area contributed by atoms with Crippen LogP contribution in [0.4, 0.5) is 0 Å². The summed E-state index contributed by atoms with van der Waals surface area (Å²) in [6.07, 6.45) is 1.21. The maximum Gasteiger partial charge on any atom is 0.355 e. The summed E-state index contributed by atoms with van der Waals surface area (Å²) in [4.78, 5) is 18.7. The van der Waals surface area contributed by atoms with Gasteiger partial charge in [-0.2, -0.15) is 0 Å². The summed E-state index contributed by atoms with van der Waals surface area (Å²) in [6.45, 7) is 0. The number of methoxy groups -OCH3 is 2. The number of hydrogen-bond acceptors (Lipinski definition) is 5. The van der Waals surface area contributed by atoms with Crippen LogP contribution < -0.4 is 9.47 Å². The summed E-state index contributed by atoms with van der Waals surface area (Å²) < 4.78 is 10.2. The molecule has 0 aliphatic heterocycles. The van der Waals surface area contributed by atoms with Gasteiger partial charge in [0.1, 0.15) is 6.33 Å². The fourth-order valence-corrected chi connectivity index (χ4v) is 1.55. The molecule has 0 aliphatic rings. The van der Waals surface area contributed by atoms with Gasteiger partial charge in [-0.3, -0.25) is 0 Å². The van der Waals surface area contributed by atoms with E-state index in [1.165, 1.54) is 20.5 Å². The van der Waals surface area contributed by atoms with Crippen molar-refractivity contribution in [2.45, 2.75) is 0 Å². The van der Waals surface area contributed by atoms with Gasteiger partial charge in [-0.1, -0.05) is 0 Å². The van der Waals surface area contributed by atoms with Crippen molar-refractivity contribution in [2.75, 3.05) is 14.2 Å². The number of carbonyl (C=O) groups is 1. The topological polar surface area (TPSA) is 81.5 Å². The zero-order chi connectivity index (χ0) is 12.4. The van der Waals surface area contributed by atoms with Gasteiger partial charge in [-0.15, -0.1) is 0 Å². The monoisotopic (exact) mass is 234 g/mol. The van der Waals surface area contributed by atoms with E-state index in [1.807, 2.05) is 0 Å². The number of aromatic nitrogens is 2. The third-order valence-corrected chi connectivity index (χ3v) is 2.34. The molecule has 0 bridgehead atoms. The number of aromatic carboxylic acids is 1. The molecule has 1 heterocycles. The number of rotatable bonds is 3. The number of carboxylic acid groups (broad SMARTS) is 1. The van der Waals surface area contributed by atoms with E-state index >= 15 is 0 Å². The summed E-state index contributed by atoms with van der Waals surface area (Å²) >= 11 is 0. The molecule has 0 amide bonds. The second kappa shape index (κ2) is 4.25. The Morgan fingerprint density at radius 3 is 2.41 bits per heavy atom. The highest BCUT2D eigenvalue weighted by Gasteiger charge is 2.14. The second-order valence-electron chi connectivity index (χ2n) is 3.25. The molecule has 88 valence electrons. The highest BCUT2D eigenvalue weighted by molar-refractivity contribution is 6.01. The van der Waals surface area contributed by atoms with Crippen LogP contribution in [0, 0.1) is 0 Å². The molecule has 6 heteroatoms. The molecule has 0 saturated carbocycles. The van der Waals surface area contributed by atoms with E-state index in [2.05, 4.69) is 9.97 Å². The van der Waals surface area contributed by atoms with Crippen LogP contribution in [0.2, 0.25) is 0 Å². The van der Waals surface area contributed by atoms with E-state index in [0.29, 0.717) is 22.4 Å². The van der Waals surface area contributed by atoms with Crippen LogP contribution in [0.15, 0.2) is 18.5 Å². The quantitative estimate of drug-likeness (QED) is 0.863. The fourth-order valence-electron chi connectivity index (χ4n) is 1.55. The maximum atomic E-state index is 11.0. The SMILES string of the molecule is COc1cc2ncnc(C(=O)O)c2cc1OC. The Bertz CT molecular complexity index is 583. The standard InChI is InChI=1S/C11H10N2O4/c1-16-8-3-6-7(4-9(8)17-2)12-5-13-10(6)11(14)15/h3-5H,1-2H3,(H,14,15). The lowest BCUT2D eigenvalue weighted by molar-refractivity contribution is 0.0692. The smallest absolute Gasteiger partial charge is 0.355 e. The lowest BCUT2D eigenvalue weighted by atomic mass is 10.1. The Morgan fingerprint density at radius 1 is 1.18 bits per heavy atom. The predicted molar refractivity (Wildman–Crippen MR) is 59.6 cm³/mol. The number of carboxylic acids is 1. The first-order valence-corrected chi connectivity index (χ1v) is 4.77. The zero-order valence-electron chi connectivity index (χ0n) is 9.30. The van der Waals surface area contributed by atoms with Crippen molar-refractivity contribution in [1.29, 1.82) is 0 Å². The molecule has 2 rings (SSSR count). The minimum absolute atomic E-state index is 0.0593. The molecular weight excluding hydrogens is 224 g/mol. The van der Waals surface area contributed by atoms with Crippen LogP contribution in [-0.4, -0.2) is 35.3 Å². The molecular formula is C11H10N2O4. The molecule has 1 aromatic heterocycles. The van der Waals surface area contributed by atoms with Gasteiger partial charge < -0.3 is 14.6 Å². The molecule has 2 aromatic rings. The Morgan fingerprint density at radius 2 is 1.82 bits per heavy atom. The van der Waals surface area contributed by atoms with E-state index in [4.69, 9.17) is 14.6 Å². The van der Waals surface area contributed by atoms with Crippen molar-refractivity contribution < 1.29 is 19.4 Å². The first kappa shape index (κ1) is 11.1. The van der Waals surface area contributed by atoms with Crippen LogP contribution >= 0.6 is 0 Å². The summed E-state index contributed by atoms with van der Waals surface area (Å²) in [6, 6.07) is 3.17. The first-order chi connectivity index (χ1) is 8.17. The molecule has 1 aromatic carbocycles. The Kier molecular flexibility index (Phi) is 2.78. The second-order valence-corrected chi connectivity index (χ2v) is 3.25. The molecule has 17 heavy (non-hydrogen) atoms. The minimum Gasteiger partial charge on any atom is -0.493 e. The van der Waals surface area contributed by atoms with Crippen LogP contribution in [-0.2, 0) is 0 Å². The number of benzene rings is 1. The van der Waals surface area contributed by atoms with Crippen molar-refractivity contribution in [2.24, 2.45) is 0 Å². The van der Waals surface area contributed by atoms with E-state index in [1.54, 1.807) is 12.1 Å². The Labute approximate surface area is 96.8 Å². The molecule has 0 unspecified atom stereocenters. The van der Waals surface area contributed by atoms with Crippen LogP contribution in [0.3, 0.4) is 0 Å². The molecule has 0 fully saturated rings. The van der Waals surface area contributed by atoms with Gasteiger partial charge in [0.25, 0.3) is 0 Å². The summed E-state index contributed by atoms with van der Waals surface area (Å²) in [5.74, 6) is -0.169. The average Bonchev–Trinajstić information content (AvgIpc) is 2.35. The molecule has 0 radical (unpaired) electrons. The Hall–Kier alpha value is -2.37. The van der Waals surface area contributed by atoms with Gasteiger partial charge in [0, 0.05) is 11.5 Å². The highest BCUT2D eigenvalue weighted by atomic mass is 16.5. The van der Waals surface area contributed by atoms with Gasteiger partial charge in [-0.25, -0.2) is 14.8 Å². The summed E-state index contributed by atoms with van der Waals surface area (Å²) in [5.41, 5.74) is 0.436. The van der Waals surface area contributed by atoms with Gasteiger partial charge >= 0.3 is 5.97 Å². The van der Waals surface area contributed by atoms with Gasteiger partial charge in [-0.05, 0) is 6.07 Å². The first-order valence-electron chi connectivity index (χ1n) is 4.77. The molecule has 0 aliphatic carbocycles. The number of nitrogens with zero attached hydrogens (tertiary/aromatic N) is 2. The summed E-state index contributed by atoms with van der Waals surface area (Å²) in [7, 11) is 2.98. The third kappa shape index (κ3) is 1.84. The highest BCUT2D eigenvalue weighted by Crippen LogP contribution is 2.31. The average molecular weight is 234 g/mol. The van der Waals surface area contributed by atoms with Crippen molar-refractivity contribution in [3.8, 4) is 11.5 Å². The lowest BCUT2D eigenvalue weighted by Gasteiger charge is -2.09. The van der Waals surface area contributed by atoms with Crippen molar-refractivity contribution in [3.63, 3.8) is 0 Å². The van der Waals surface area contributed by atoms with E-state index < -0.39 is 5.97 Å². The minimum atomic E-state index is -1.11. The van der Waals surface area contributed by atoms with Gasteiger partial charge in [0.2, 0.25) is 0 Å². The van der Waals surface area contributed by atoms with Crippen LogP contribution in [0.5, 0.6) is 11.5 Å². The van der Waals surface area contributed by atoms with Crippen molar-refractivity contribution in [1.82, 2.24) is 9.97 Å². The molecule has 0 saturated heterocycles. The number of ether oxygens (including phenoxy) is 2. The van der Waals surface area contributed by atoms with Gasteiger partial charge in [0.15, 0.2) is 17.2 Å². The lowest BCUT2D eigenvalue weighted by Crippen LogP contribution is -2.02. The Balaban J connectivity index is 2.78. The molecule has 6 nitrogen and oxygen atoms in total. The van der Waals surface area contributed by atoms with E-state index in [0.717, 1.165) is 0 Å². The normalized spacial score (nSPS) is 10.2. The fraction of sp³-hybridized carbons (Fsp3) is 0.182. The molecule has 0 spiro atoms. The number of fused-ring (bicyclic) bond motifs is 1. The molecule has 0 atom stereocenters. The van der Waals surface area contributed by atoms with E-state index in [9.17, 15) is 4.79 Å². The third-order valence-electron chi connectivity index (χ3n) is 2.34. The van der Waals surface area contributed by atoms with Crippen molar-refractivity contribution in [3.05, 3.63) is 24.2 Å². The number of hydrogen-bond donors (Lipinski definition) is 1. The van der Waals surface area contributed by atoms with Gasteiger partial charge in [0.05, 0.1) is 19.7 Å². The van der Waals surface area contributed by atoms with Crippen molar-refractivity contribution >= 4 is 16.9 Å². The predicted octanol–water partition coefficient (Wildman–Crippen LogP) is 1.35. The summed E-state index contributed by atoms with van der Waals surface area (Å²) in [5, 5.41) is 9.43. The largest absolute Gasteiger partial charge is 0.493 e.